The van der Waals surface area contributed by atoms with E-state index in [1.807, 2.05) is 146 Å². The Kier molecular flexibility index (Phi) is 11.0. The number of hydrogen-bond donors (Lipinski definition) is 0. The number of furan rings is 2. The van der Waals surface area contributed by atoms with Gasteiger partial charge in [0.05, 0.1) is 41.5 Å². The maximum absolute atomic E-state index is 8.96. The molecule has 0 aliphatic carbocycles. The van der Waals surface area contributed by atoms with Gasteiger partial charge >= 0.3 is 0 Å². The number of hydrogen-bond acceptors (Lipinski definition) is 3. The first-order valence-corrected chi connectivity index (χ1v) is 32.3. The summed E-state index contributed by atoms with van der Waals surface area (Å²) in [5.41, 5.74) is 18.1. The third kappa shape index (κ3) is 9.10. The van der Waals surface area contributed by atoms with E-state index >= 15 is 0 Å². The molecule has 0 radical (unpaired) electrons. The first kappa shape index (κ1) is 46.2. The highest BCUT2D eigenvalue weighted by molar-refractivity contribution is 6.24. The lowest BCUT2D eigenvalue weighted by molar-refractivity contribution is 0.668. The summed E-state index contributed by atoms with van der Waals surface area (Å²) in [6.07, 6.45) is 1.81. The second kappa shape index (κ2) is 23.0. The highest BCUT2D eigenvalue weighted by Crippen LogP contribution is 2.50. The number of nitrogens with zero attached hydrogens (tertiary/aromatic N) is 2. The van der Waals surface area contributed by atoms with Gasteiger partial charge in [-0.3, -0.25) is 4.98 Å². The largest absolute Gasteiger partial charge is 0.456 e. The molecule has 452 valence electrons. The molecule has 0 aliphatic heterocycles. The number of pyridine rings is 1. The van der Waals surface area contributed by atoms with Crippen molar-refractivity contribution in [2.75, 3.05) is 0 Å². The summed E-state index contributed by atoms with van der Waals surface area (Å²) in [5.74, 6) is 0. The fraction of sp³-hybridized carbons (Fsp3) is 0. The van der Waals surface area contributed by atoms with E-state index in [1.165, 1.54) is 10.8 Å². The molecule has 16 aromatic carbocycles. The topological polar surface area (TPSA) is 44.1 Å². The molecule has 0 fully saturated rings. The lowest BCUT2D eigenvalue weighted by Crippen LogP contribution is -1.98. The van der Waals surface area contributed by atoms with Crippen molar-refractivity contribution in [2.45, 2.75) is 0 Å². The van der Waals surface area contributed by atoms with E-state index < -0.39 is 12.1 Å². The maximum Gasteiger partial charge on any atom is 0.137 e. The minimum Gasteiger partial charge on any atom is -0.456 e. The lowest BCUT2D eigenvalue weighted by atomic mass is 9.85. The van der Waals surface area contributed by atoms with Crippen molar-refractivity contribution in [3.63, 3.8) is 0 Å². The van der Waals surface area contributed by atoms with Gasteiger partial charge in [0, 0.05) is 44.3 Å². The standard InChI is InChI=1S/C50H31NO.C43H27NO/c1-2-15-32(16-3-1)47-38-21-4-6-23-40(38)48(41-24-7-5-22-39(41)47)34-18-14-17-33(31-34)35-29-30-46-49(42-25-10-13-28-45(42)52-46)50(35)51-43-26-11-8-19-36(43)37-20-9-12-27-44(37)51;1-2-13-28(14-3-1)40-32-17-4-6-19-34(32)41(35-20-7-5-18-33(35)40)30-16-12-15-29(27-30)31-24-25-39-43(36-21-8-9-23-38(36)45-39)42(31)37-22-10-11-26-44-37/h1-31H;1-27H/i1D,2D,3D,15D,16D;1D,2D,3D,13D,14D. The van der Waals surface area contributed by atoms with Gasteiger partial charge in [-0.05, 0) is 177 Å². The first-order valence-electron chi connectivity index (χ1n) is 37.3. The fourth-order valence-electron chi connectivity index (χ4n) is 15.1. The Morgan fingerprint density at radius 2 is 0.619 bits per heavy atom. The van der Waals surface area contributed by atoms with Gasteiger partial charge in [0.2, 0.25) is 0 Å². The molecule has 0 atom stereocenters. The summed E-state index contributed by atoms with van der Waals surface area (Å²) in [7, 11) is 0. The molecule has 20 aromatic rings. The van der Waals surface area contributed by atoms with Crippen LogP contribution in [-0.4, -0.2) is 9.55 Å². The third-order valence-electron chi connectivity index (χ3n) is 19.1. The third-order valence-corrected chi connectivity index (χ3v) is 19.1. The zero-order valence-corrected chi connectivity index (χ0v) is 51.9. The summed E-state index contributed by atoms with van der Waals surface area (Å²) < 4.78 is 101. The number of benzene rings is 16. The van der Waals surface area contributed by atoms with Gasteiger partial charge in [0.25, 0.3) is 0 Å². The Balaban J connectivity index is 0.000000147. The number of fused-ring (bicyclic) bond motifs is 13. The van der Waals surface area contributed by atoms with Gasteiger partial charge < -0.3 is 13.4 Å². The molecule has 97 heavy (non-hydrogen) atoms. The van der Waals surface area contributed by atoms with Crippen LogP contribution >= 0.6 is 0 Å². The minimum absolute atomic E-state index is 0.198. The predicted octanol–water partition coefficient (Wildman–Crippen LogP) is 25.9. The van der Waals surface area contributed by atoms with Crippen LogP contribution in [0.3, 0.4) is 0 Å². The SMILES string of the molecule is [2H]c1c([2H])c([2H])c(-c2c3ccccc3c(-c3cccc(-c4ccc5oc6ccccc6c5c4-c4ccccn4)c3)c3ccccc23)c([2H])c1[2H].[2H]c1c([2H])c([2H])c(-c2c3ccccc3c(-c3cccc(-c4ccc5oc6ccccc6c5c4-n4c5ccccc5c5ccccc54)c3)c3ccccc23)c([2H])c1[2H]. The Bertz CT molecular complexity index is 6940. The highest BCUT2D eigenvalue weighted by atomic mass is 16.3. The van der Waals surface area contributed by atoms with Crippen LogP contribution in [0.2, 0.25) is 0 Å². The van der Waals surface area contributed by atoms with Crippen molar-refractivity contribution in [2.24, 2.45) is 0 Å². The molecule has 0 bridgehead atoms. The van der Waals surface area contributed by atoms with Crippen LogP contribution in [0.1, 0.15) is 13.7 Å². The molecule has 20 rings (SSSR count). The molecule has 0 saturated heterocycles. The molecule has 4 aromatic heterocycles. The van der Waals surface area contributed by atoms with Crippen LogP contribution < -0.4 is 0 Å². The molecular weight excluding hydrogens is 1180 g/mol. The molecule has 0 unspecified atom stereocenters. The monoisotopic (exact) mass is 1240 g/mol. The van der Waals surface area contributed by atoms with Crippen LogP contribution in [0.4, 0.5) is 0 Å². The molecule has 4 heterocycles. The maximum atomic E-state index is 8.96. The van der Waals surface area contributed by atoms with Crippen molar-refractivity contribution in [1.29, 1.82) is 0 Å². The normalized spacial score (nSPS) is 13.2. The lowest BCUT2D eigenvalue weighted by Gasteiger charge is -2.19. The zero-order valence-electron chi connectivity index (χ0n) is 61.9. The average Bonchev–Trinajstić information content (AvgIpc) is 1.37. The van der Waals surface area contributed by atoms with Crippen LogP contribution in [0, 0.1) is 0 Å². The Labute approximate surface area is 573 Å². The van der Waals surface area contributed by atoms with E-state index in [0.717, 1.165) is 159 Å². The molecular formula is C93H58N2O2. The van der Waals surface area contributed by atoms with E-state index in [1.54, 1.807) is 0 Å². The van der Waals surface area contributed by atoms with Crippen LogP contribution in [0.25, 0.3) is 192 Å². The van der Waals surface area contributed by atoms with Gasteiger partial charge in [-0.15, -0.1) is 0 Å². The summed E-state index contributed by atoms with van der Waals surface area (Å²) in [6, 6.07) is 93.7. The summed E-state index contributed by atoms with van der Waals surface area (Å²) in [5, 5.41) is 13.4. The Morgan fingerprint density at radius 1 is 0.258 bits per heavy atom. The molecule has 0 amide bonds. The highest BCUT2D eigenvalue weighted by Gasteiger charge is 2.25. The van der Waals surface area contributed by atoms with E-state index in [0.29, 0.717) is 11.1 Å². The zero-order chi connectivity index (χ0) is 72.6. The van der Waals surface area contributed by atoms with E-state index in [2.05, 4.69) is 150 Å². The summed E-state index contributed by atoms with van der Waals surface area (Å²) in [4.78, 5) is 4.79. The van der Waals surface area contributed by atoms with E-state index in [-0.39, 0.29) is 59.5 Å². The van der Waals surface area contributed by atoms with Gasteiger partial charge in [-0.2, -0.15) is 0 Å². The van der Waals surface area contributed by atoms with Gasteiger partial charge in [0.15, 0.2) is 0 Å². The van der Waals surface area contributed by atoms with Crippen LogP contribution in [-0.2, 0) is 0 Å². The Morgan fingerprint density at radius 3 is 1.07 bits per heavy atom. The Hall–Kier alpha value is -12.9. The van der Waals surface area contributed by atoms with E-state index in [4.69, 9.17) is 27.5 Å². The molecule has 0 N–H and O–H groups in total. The second-order valence-corrected chi connectivity index (χ2v) is 24.3. The minimum atomic E-state index is -0.405. The molecule has 0 saturated carbocycles. The van der Waals surface area contributed by atoms with Crippen LogP contribution in [0.15, 0.2) is 361 Å². The molecule has 0 spiro atoms. The summed E-state index contributed by atoms with van der Waals surface area (Å²) >= 11 is 0. The fourth-order valence-corrected chi connectivity index (χ4v) is 15.1. The average molecular weight is 1250 g/mol. The molecule has 4 nitrogen and oxygen atoms in total. The quantitative estimate of drug-likeness (QED) is 0.142. The van der Waals surface area contributed by atoms with Gasteiger partial charge in [0.1, 0.15) is 22.3 Å². The predicted molar refractivity (Wildman–Crippen MR) is 408 cm³/mol. The van der Waals surface area contributed by atoms with Crippen molar-refractivity contribution >= 4 is 109 Å². The van der Waals surface area contributed by atoms with Crippen molar-refractivity contribution in [1.82, 2.24) is 9.55 Å². The van der Waals surface area contributed by atoms with Crippen LogP contribution in [0.5, 0.6) is 0 Å². The number of para-hydroxylation sites is 4. The second-order valence-electron chi connectivity index (χ2n) is 24.3. The van der Waals surface area contributed by atoms with Crippen molar-refractivity contribution in [3.8, 4) is 83.7 Å². The molecule has 0 aliphatic rings. The van der Waals surface area contributed by atoms with E-state index in [9.17, 15) is 0 Å². The van der Waals surface area contributed by atoms with Crippen molar-refractivity contribution in [3.05, 3.63) is 352 Å². The first-order chi connectivity index (χ1) is 52.3. The molecule has 4 heteroatoms. The number of aromatic nitrogens is 2. The summed E-state index contributed by atoms with van der Waals surface area (Å²) in [6.45, 7) is 0. The van der Waals surface area contributed by atoms with Gasteiger partial charge in [-0.25, -0.2) is 0 Å². The van der Waals surface area contributed by atoms with Gasteiger partial charge in [-0.1, -0.05) is 273 Å². The smallest absolute Gasteiger partial charge is 0.137 e. The van der Waals surface area contributed by atoms with Crippen molar-refractivity contribution < 1.29 is 22.5 Å². The number of rotatable bonds is 8.